The highest BCUT2D eigenvalue weighted by Crippen LogP contribution is 2.45. The van der Waals surface area contributed by atoms with Gasteiger partial charge in [0.05, 0.1) is 38.7 Å². The third-order valence-electron chi connectivity index (χ3n) is 12.4. The molecule has 294 valence electrons. The quantitative estimate of drug-likeness (QED) is 0.168. The Bertz CT molecular complexity index is 3890. The van der Waals surface area contributed by atoms with Crippen LogP contribution in [-0.2, 0) is 0 Å². The number of rotatable bonds is 6. The SMILES string of the molecule is c1ccc(-c2ccc(-c3nc(-c4ccccc4)nc(-c4ccc(-n5c6ccccc6c6c7c8ccccc8n(-c8ccccc8)c7ccc65)c5c4oc4ccccc45)n3)cc2)cc1. The van der Waals surface area contributed by atoms with Gasteiger partial charge in [0.15, 0.2) is 17.5 Å². The van der Waals surface area contributed by atoms with E-state index >= 15 is 0 Å². The van der Waals surface area contributed by atoms with Crippen LogP contribution >= 0.6 is 0 Å². The van der Waals surface area contributed by atoms with Crippen LogP contribution in [0.1, 0.15) is 0 Å². The molecule has 0 aliphatic rings. The van der Waals surface area contributed by atoms with Crippen LogP contribution in [0.2, 0.25) is 0 Å². The van der Waals surface area contributed by atoms with Crippen LogP contribution in [0, 0.1) is 0 Å². The van der Waals surface area contributed by atoms with E-state index in [0.29, 0.717) is 17.5 Å². The lowest BCUT2D eigenvalue weighted by Crippen LogP contribution is -2.01. The minimum absolute atomic E-state index is 0.541. The summed E-state index contributed by atoms with van der Waals surface area (Å²) >= 11 is 0. The molecule has 0 unspecified atom stereocenters. The van der Waals surface area contributed by atoms with Crippen LogP contribution in [0.3, 0.4) is 0 Å². The molecule has 4 heterocycles. The van der Waals surface area contributed by atoms with Gasteiger partial charge in [0.2, 0.25) is 0 Å². The van der Waals surface area contributed by atoms with E-state index in [1.165, 1.54) is 32.6 Å². The summed E-state index contributed by atoms with van der Waals surface area (Å²) < 4.78 is 11.7. The van der Waals surface area contributed by atoms with Crippen LogP contribution < -0.4 is 0 Å². The minimum Gasteiger partial charge on any atom is -0.455 e. The Morgan fingerprint density at radius 1 is 0.317 bits per heavy atom. The Morgan fingerprint density at radius 3 is 1.46 bits per heavy atom. The number of benzene rings is 9. The van der Waals surface area contributed by atoms with E-state index in [4.69, 9.17) is 19.4 Å². The van der Waals surface area contributed by atoms with Crippen molar-refractivity contribution in [1.29, 1.82) is 0 Å². The van der Waals surface area contributed by atoms with Crippen LogP contribution in [0.5, 0.6) is 0 Å². The second kappa shape index (κ2) is 14.0. The molecular formula is C57H35N5O. The normalized spacial score (nSPS) is 11.8. The first-order valence-electron chi connectivity index (χ1n) is 21.2. The molecule has 9 aromatic carbocycles. The zero-order valence-corrected chi connectivity index (χ0v) is 33.9. The van der Waals surface area contributed by atoms with E-state index in [-0.39, 0.29) is 0 Å². The highest BCUT2D eigenvalue weighted by Gasteiger charge is 2.25. The summed E-state index contributed by atoms with van der Waals surface area (Å²) in [6.45, 7) is 0. The fraction of sp³-hybridized carbons (Fsp3) is 0. The van der Waals surface area contributed by atoms with Crippen LogP contribution in [0.4, 0.5) is 0 Å². The molecule has 13 rings (SSSR count). The fourth-order valence-electron chi connectivity index (χ4n) is 9.59. The van der Waals surface area contributed by atoms with Gasteiger partial charge in [-0.2, -0.15) is 0 Å². The Kier molecular flexibility index (Phi) is 7.80. The molecule has 13 aromatic rings. The summed E-state index contributed by atoms with van der Waals surface area (Å²) in [7, 11) is 0. The molecule has 0 N–H and O–H groups in total. The lowest BCUT2D eigenvalue weighted by atomic mass is 10.0. The van der Waals surface area contributed by atoms with Crippen molar-refractivity contribution in [2.24, 2.45) is 0 Å². The molecule has 0 spiro atoms. The van der Waals surface area contributed by atoms with E-state index < -0.39 is 0 Å². The van der Waals surface area contributed by atoms with Gasteiger partial charge in [-0.15, -0.1) is 0 Å². The molecule has 0 amide bonds. The molecule has 4 aromatic heterocycles. The molecule has 0 atom stereocenters. The van der Waals surface area contributed by atoms with Crippen molar-refractivity contribution >= 4 is 65.6 Å². The van der Waals surface area contributed by atoms with Gasteiger partial charge >= 0.3 is 0 Å². The summed E-state index contributed by atoms with van der Waals surface area (Å²) in [6, 6.07) is 74.3. The zero-order chi connectivity index (χ0) is 41.4. The molecule has 0 bridgehead atoms. The lowest BCUT2D eigenvalue weighted by molar-refractivity contribution is 0.669. The largest absolute Gasteiger partial charge is 0.455 e. The molecule has 0 saturated heterocycles. The first-order valence-corrected chi connectivity index (χ1v) is 21.2. The lowest BCUT2D eigenvalue weighted by Gasteiger charge is -2.13. The number of hydrogen-bond donors (Lipinski definition) is 0. The third-order valence-corrected chi connectivity index (χ3v) is 12.4. The molecule has 0 saturated carbocycles. The summed E-state index contributed by atoms with van der Waals surface area (Å²) in [4.78, 5) is 15.4. The number of fused-ring (bicyclic) bond motifs is 10. The van der Waals surface area contributed by atoms with Crippen molar-refractivity contribution in [2.45, 2.75) is 0 Å². The number of aromatic nitrogens is 5. The second-order valence-corrected chi connectivity index (χ2v) is 15.9. The maximum Gasteiger partial charge on any atom is 0.167 e. The van der Waals surface area contributed by atoms with Gasteiger partial charge in [0.25, 0.3) is 0 Å². The van der Waals surface area contributed by atoms with Crippen molar-refractivity contribution in [3.05, 3.63) is 212 Å². The predicted octanol–water partition coefficient (Wildman–Crippen LogP) is 14.6. The van der Waals surface area contributed by atoms with E-state index in [2.05, 4.69) is 173 Å². The smallest absolute Gasteiger partial charge is 0.167 e. The Balaban J connectivity index is 1.07. The minimum atomic E-state index is 0.541. The third kappa shape index (κ3) is 5.48. The topological polar surface area (TPSA) is 61.7 Å². The van der Waals surface area contributed by atoms with E-state index in [1.807, 2.05) is 48.5 Å². The molecule has 0 aliphatic carbocycles. The highest BCUT2D eigenvalue weighted by atomic mass is 16.3. The Hall–Kier alpha value is -8.61. The number of nitrogens with zero attached hydrogens (tertiary/aromatic N) is 5. The van der Waals surface area contributed by atoms with E-state index in [0.717, 1.165) is 72.2 Å². The summed E-state index contributed by atoms with van der Waals surface area (Å²) in [5, 5.41) is 6.86. The molecule has 63 heavy (non-hydrogen) atoms. The van der Waals surface area contributed by atoms with Gasteiger partial charge < -0.3 is 13.6 Å². The number of furan rings is 1. The maximum atomic E-state index is 6.92. The average Bonchev–Trinajstić information content (AvgIpc) is 4.03. The van der Waals surface area contributed by atoms with Gasteiger partial charge in [-0.05, 0) is 65.7 Å². The summed E-state index contributed by atoms with van der Waals surface area (Å²) in [6.07, 6.45) is 0. The molecule has 6 nitrogen and oxygen atoms in total. The maximum absolute atomic E-state index is 6.92. The molecule has 0 radical (unpaired) electrons. The fourth-order valence-corrected chi connectivity index (χ4v) is 9.59. The predicted molar refractivity (Wildman–Crippen MR) is 258 cm³/mol. The summed E-state index contributed by atoms with van der Waals surface area (Å²) in [5.74, 6) is 1.73. The van der Waals surface area contributed by atoms with E-state index in [9.17, 15) is 0 Å². The van der Waals surface area contributed by atoms with Crippen molar-refractivity contribution in [1.82, 2.24) is 24.1 Å². The Morgan fingerprint density at radius 2 is 0.794 bits per heavy atom. The molecular weight excluding hydrogens is 771 g/mol. The van der Waals surface area contributed by atoms with Crippen molar-refractivity contribution in [3.63, 3.8) is 0 Å². The van der Waals surface area contributed by atoms with Crippen molar-refractivity contribution in [3.8, 4) is 56.7 Å². The Labute approximate surface area is 361 Å². The van der Waals surface area contributed by atoms with Crippen molar-refractivity contribution < 1.29 is 4.42 Å². The second-order valence-electron chi connectivity index (χ2n) is 15.9. The van der Waals surface area contributed by atoms with Gasteiger partial charge in [0.1, 0.15) is 11.2 Å². The van der Waals surface area contributed by atoms with Crippen LogP contribution in [-0.4, -0.2) is 24.1 Å². The van der Waals surface area contributed by atoms with Gasteiger partial charge in [0, 0.05) is 43.7 Å². The monoisotopic (exact) mass is 805 g/mol. The first-order chi connectivity index (χ1) is 31.3. The highest BCUT2D eigenvalue weighted by molar-refractivity contribution is 6.29. The summed E-state index contributed by atoms with van der Waals surface area (Å²) in [5.41, 5.74) is 13.1. The van der Waals surface area contributed by atoms with Gasteiger partial charge in [-0.3, -0.25) is 0 Å². The van der Waals surface area contributed by atoms with Gasteiger partial charge in [-0.25, -0.2) is 15.0 Å². The number of para-hydroxylation sites is 4. The van der Waals surface area contributed by atoms with Crippen molar-refractivity contribution in [2.75, 3.05) is 0 Å². The van der Waals surface area contributed by atoms with Crippen LogP contribution in [0.15, 0.2) is 217 Å². The average molecular weight is 806 g/mol. The zero-order valence-electron chi connectivity index (χ0n) is 33.9. The van der Waals surface area contributed by atoms with Gasteiger partial charge in [-0.1, -0.05) is 158 Å². The van der Waals surface area contributed by atoms with Crippen LogP contribution in [0.25, 0.3) is 122 Å². The molecule has 0 fully saturated rings. The first kappa shape index (κ1) is 35.2. The number of hydrogen-bond acceptors (Lipinski definition) is 4. The molecule has 6 heteroatoms. The van der Waals surface area contributed by atoms with E-state index in [1.54, 1.807) is 0 Å². The standard InChI is InChI=1S/C57H35N5O/c1-4-16-36(17-5-1)37-28-30-39(31-29-37)56-58-55(38-18-6-2-7-19-38)59-57(60-56)44-32-33-49(53-43-24-12-15-27-50(43)63-54(44)53)62-46-26-14-11-23-42(46)52-48(62)35-34-47-51(52)41-22-10-13-25-45(41)61(47)40-20-8-3-9-21-40/h1-35H. The molecule has 0 aliphatic heterocycles.